The zero-order valence-electron chi connectivity index (χ0n) is 13.7. The van der Waals surface area contributed by atoms with E-state index in [4.69, 9.17) is 0 Å². The molecule has 1 aliphatic rings. The summed E-state index contributed by atoms with van der Waals surface area (Å²) in [5.74, 6) is 0.705. The van der Waals surface area contributed by atoms with Gasteiger partial charge < -0.3 is 10.6 Å². The van der Waals surface area contributed by atoms with E-state index in [9.17, 15) is 4.79 Å². The SMILES string of the molecule is CNC(=O)C1CC(Cc2ccc(C(C)(C)C)cc2)CCN1. The van der Waals surface area contributed by atoms with E-state index in [0.717, 1.165) is 25.8 Å². The van der Waals surface area contributed by atoms with Gasteiger partial charge in [0, 0.05) is 7.05 Å². The summed E-state index contributed by atoms with van der Waals surface area (Å²) in [4.78, 5) is 11.7. The molecule has 2 N–H and O–H groups in total. The molecule has 0 radical (unpaired) electrons. The van der Waals surface area contributed by atoms with Crippen molar-refractivity contribution in [1.29, 1.82) is 0 Å². The zero-order chi connectivity index (χ0) is 15.5. The van der Waals surface area contributed by atoms with Gasteiger partial charge in [-0.3, -0.25) is 4.79 Å². The van der Waals surface area contributed by atoms with Gasteiger partial charge in [0.05, 0.1) is 6.04 Å². The predicted molar refractivity (Wildman–Crippen MR) is 87.4 cm³/mol. The van der Waals surface area contributed by atoms with Gasteiger partial charge in [-0.25, -0.2) is 0 Å². The van der Waals surface area contributed by atoms with Crippen molar-refractivity contribution in [1.82, 2.24) is 10.6 Å². The maximum atomic E-state index is 11.7. The van der Waals surface area contributed by atoms with Gasteiger partial charge in [0.2, 0.25) is 5.91 Å². The monoisotopic (exact) mass is 288 g/mol. The van der Waals surface area contributed by atoms with Crippen molar-refractivity contribution in [2.75, 3.05) is 13.6 Å². The van der Waals surface area contributed by atoms with E-state index in [2.05, 4.69) is 55.7 Å². The predicted octanol–water partition coefficient (Wildman–Crippen LogP) is 2.64. The molecular formula is C18H28N2O. The lowest BCUT2D eigenvalue weighted by molar-refractivity contribution is -0.123. The first-order valence-electron chi connectivity index (χ1n) is 7.94. The van der Waals surface area contributed by atoms with Crippen LogP contribution in [-0.4, -0.2) is 25.5 Å². The van der Waals surface area contributed by atoms with Gasteiger partial charge >= 0.3 is 0 Å². The van der Waals surface area contributed by atoms with Gasteiger partial charge in [-0.05, 0) is 48.3 Å². The van der Waals surface area contributed by atoms with Gasteiger partial charge in [0.1, 0.15) is 0 Å². The molecule has 3 nitrogen and oxygen atoms in total. The number of likely N-dealkylation sites (N-methyl/N-ethyl adjacent to an activating group) is 1. The summed E-state index contributed by atoms with van der Waals surface area (Å²) < 4.78 is 0. The number of carbonyl (C=O) groups excluding carboxylic acids is 1. The Morgan fingerprint density at radius 1 is 1.29 bits per heavy atom. The van der Waals surface area contributed by atoms with Crippen LogP contribution in [0.2, 0.25) is 0 Å². The van der Waals surface area contributed by atoms with Gasteiger partial charge in [0.15, 0.2) is 0 Å². The zero-order valence-corrected chi connectivity index (χ0v) is 13.7. The minimum atomic E-state index is -0.0254. The average molecular weight is 288 g/mol. The first-order valence-corrected chi connectivity index (χ1v) is 7.94. The van der Waals surface area contributed by atoms with Crippen LogP contribution in [0.15, 0.2) is 24.3 Å². The third-order valence-corrected chi connectivity index (χ3v) is 4.42. The summed E-state index contributed by atoms with van der Waals surface area (Å²) in [6.45, 7) is 7.65. The fraction of sp³-hybridized carbons (Fsp3) is 0.611. The molecule has 0 aliphatic carbocycles. The summed E-state index contributed by atoms with van der Waals surface area (Å²) in [5.41, 5.74) is 2.96. The summed E-state index contributed by atoms with van der Waals surface area (Å²) in [6.07, 6.45) is 3.15. The number of rotatable bonds is 3. The molecule has 1 fully saturated rings. The number of nitrogens with one attached hydrogen (secondary N) is 2. The number of amides is 1. The van der Waals surface area contributed by atoms with Gasteiger partial charge in [0.25, 0.3) is 0 Å². The molecule has 1 aliphatic heterocycles. The van der Waals surface area contributed by atoms with Gasteiger partial charge in [-0.15, -0.1) is 0 Å². The van der Waals surface area contributed by atoms with Crippen molar-refractivity contribution in [3.8, 4) is 0 Å². The molecule has 0 saturated carbocycles. The Morgan fingerprint density at radius 2 is 1.95 bits per heavy atom. The van der Waals surface area contributed by atoms with Crippen LogP contribution in [-0.2, 0) is 16.6 Å². The van der Waals surface area contributed by atoms with Gasteiger partial charge in [-0.1, -0.05) is 45.0 Å². The second kappa shape index (κ2) is 6.61. The number of hydrogen-bond donors (Lipinski definition) is 2. The standard InChI is InChI=1S/C18H28N2O/c1-18(2,3)15-7-5-13(6-8-15)11-14-9-10-20-16(12-14)17(21)19-4/h5-8,14,16,20H,9-12H2,1-4H3,(H,19,21). The van der Waals surface area contributed by atoms with Crippen molar-refractivity contribution in [3.63, 3.8) is 0 Å². The van der Waals surface area contributed by atoms with E-state index in [1.807, 2.05) is 0 Å². The normalized spacial score (nSPS) is 22.9. The maximum Gasteiger partial charge on any atom is 0.236 e. The van der Waals surface area contributed by atoms with Crippen LogP contribution in [0.1, 0.15) is 44.7 Å². The molecule has 0 bridgehead atoms. The van der Waals surface area contributed by atoms with Crippen molar-refractivity contribution >= 4 is 5.91 Å². The van der Waals surface area contributed by atoms with E-state index in [0.29, 0.717) is 5.92 Å². The van der Waals surface area contributed by atoms with E-state index in [1.54, 1.807) is 7.05 Å². The lowest BCUT2D eigenvalue weighted by atomic mass is 9.84. The average Bonchev–Trinajstić information content (AvgIpc) is 2.46. The second-order valence-corrected chi connectivity index (χ2v) is 7.16. The Bertz CT molecular complexity index is 473. The summed E-state index contributed by atoms with van der Waals surface area (Å²) in [7, 11) is 1.71. The van der Waals surface area contributed by atoms with Crippen molar-refractivity contribution in [3.05, 3.63) is 35.4 Å². The lowest BCUT2D eigenvalue weighted by Crippen LogP contribution is -2.48. The molecule has 0 aromatic heterocycles. The Balaban J connectivity index is 1.96. The topological polar surface area (TPSA) is 41.1 Å². The molecule has 1 heterocycles. The summed E-state index contributed by atoms with van der Waals surface area (Å²) in [5, 5.41) is 6.04. The van der Waals surface area contributed by atoms with Crippen LogP contribution in [0.3, 0.4) is 0 Å². The van der Waals surface area contributed by atoms with Crippen molar-refractivity contribution < 1.29 is 4.79 Å². The van der Waals surface area contributed by atoms with Crippen molar-refractivity contribution in [2.45, 2.75) is 51.5 Å². The van der Waals surface area contributed by atoms with E-state index in [1.165, 1.54) is 11.1 Å². The number of benzene rings is 1. The lowest BCUT2D eigenvalue weighted by Gasteiger charge is -2.29. The summed E-state index contributed by atoms with van der Waals surface area (Å²) in [6, 6.07) is 8.96. The van der Waals surface area contributed by atoms with Gasteiger partial charge in [-0.2, -0.15) is 0 Å². The first-order chi connectivity index (χ1) is 9.90. The Labute approximate surface area is 128 Å². The molecule has 116 valence electrons. The van der Waals surface area contributed by atoms with E-state index >= 15 is 0 Å². The number of hydrogen-bond acceptors (Lipinski definition) is 2. The highest BCUT2D eigenvalue weighted by Crippen LogP contribution is 2.25. The van der Waals surface area contributed by atoms with E-state index < -0.39 is 0 Å². The molecule has 0 spiro atoms. The quantitative estimate of drug-likeness (QED) is 0.898. The molecule has 21 heavy (non-hydrogen) atoms. The van der Waals surface area contributed by atoms with Crippen LogP contribution in [0.25, 0.3) is 0 Å². The molecule has 2 unspecified atom stereocenters. The Hall–Kier alpha value is -1.35. The van der Waals surface area contributed by atoms with Crippen LogP contribution in [0.4, 0.5) is 0 Å². The minimum absolute atomic E-state index is 0.0254. The fourth-order valence-corrected chi connectivity index (χ4v) is 3.03. The molecule has 1 aromatic carbocycles. The molecule has 3 heteroatoms. The minimum Gasteiger partial charge on any atom is -0.358 e. The molecule has 1 amide bonds. The Morgan fingerprint density at radius 3 is 2.52 bits per heavy atom. The highest BCUT2D eigenvalue weighted by Gasteiger charge is 2.26. The van der Waals surface area contributed by atoms with E-state index in [-0.39, 0.29) is 17.4 Å². The number of carbonyl (C=O) groups is 1. The molecular weight excluding hydrogens is 260 g/mol. The molecule has 1 saturated heterocycles. The van der Waals surface area contributed by atoms with Crippen molar-refractivity contribution in [2.24, 2.45) is 5.92 Å². The smallest absolute Gasteiger partial charge is 0.236 e. The third kappa shape index (κ3) is 4.31. The van der Waals surface area contributed by atoms with Crippen LogP contribution in [0, 0.1) is 5.92 Å². The fourth-order valence-electron chi connectivity index (χ4n) is 3.03. The highest BCUT2D eigenvalue weighted by atomic mass is 16.2. The van der Waals surface area contributed by atoms with Crippen LogP contribution in [0.5, 0.6) is 0 Å². The van der Waals surface area contributed by atoms with Crippen LogP contribution < -0.4 is 10.6 Å². The first kappa shape index (κ1) is 16.0. The maximum absolute atomic E-state index is 11.7. The summed E-state index contributed by atoms with van der Waals surface area (Å²) >= 11 is 0. The Kier molecular flexibility index (Phi) is 5.04. The molecule has 2 rings (SSSR count). The highest BCUT2D eigenvalue weighted by molar-refractivity contribution is 5.81. The molecule has 2 atom stereocenters. The second-order valence-electron chi connectivity index (χ2n) is 7.16. The largest absolute Gasteiger partial charge is 0.358 e. The third-order valence-electron chi connectivity index (χ3n) is 4.42. The molecule has 1 aromatic rings. The number of piperidine rings is 1. The van der Waals surface area contributed by atoms with Crippen LogP contribution >= 0.6 is 0 Å².